The molecule has 0 aliphatic rings. The van der Waals surface area contributed by atoms with Gasteiger partial charge in [-0.1, -0.05) is 0 Å². The minimum Gasteiger partial charge on any atom is -0.444 e. The largest absolute Gasteiger partial charge is 0.444 e. The zero-order valence-corrected chi connectivity index (χ0v) is 10.5. The number of oxazole rings is 1. The second-order valence-corrected chi connectivity index (χ2v) is 3.96. The summed E-state index contributed by atoms with van der Waals surface area (Å²) in [4.78, 5) is 18.4. The lowest BCUT2D eigenvalue weighted by Crippen LogP contribution is -2.06. The molecule has 0 saturated carbocycles. The van der Waals surface area contributed by atoms with Crippen LogP contribution < -0.4 is 11.1 Å². The fourth-order valence-corrected chi connectivity index (χ4v) is 1.52. The number of aromatic nitrogens is 2. The van der Waals surface area contributed by atoms with E-state index in [2.05, 4.69) is 15.3 Å². The summed E-state index contributed by atoms with van der Waals surface area (Å²) in [5.41, 5.74) is 6.15. The summed E-state index contributed by atoms with van der Waals surface area (Å²) < 4.78 is 5.36. The molecule has 2 aromatic rings. The first kappa shape index (κ1) is 12.8. The molecule has 2 heterocycles. The van der Waals surface area contributed by atoms with E-state index in [1.54, 1.807) is 6.92 Å². The van der Waals surface area contributed by atoms with Crippen molar-refractivity contribution in [3.05, 3.63) is 39.6 Å². The van der Waals surface area contributed by atoms with E-state index in [9.17, 15) is 10.1 Å². The standard InChI is InChI=1S/C11H13N5O3/c1-6-7(2)19-10(14-6)5-13-11-8(16(17)18)3-4-9(12)15-11/h3-4H,5H2,1-2H3,(H3,12,13,15). The van der Waals surface area contributed by atoms with Gasteiger partial charge in [-0.15, -0.1) is 0 Å². The normalized spacial score (nSPS) is 10.4. The number of rotatable bonds is 4. The highest BCUT2D eigenvalue weighted by atomic mass is 16.6. The van der Waals surface area contributed by atoms with Crippen LogP contribution >= 0.6 is 0 Å². The summed E-state index contributed by atoms with van der Waals surface area (Å²) in [5.74, 6) is 1.45. The van der Waals surface area contributed by atoms with Gasteiger partial charge in [-0.25, -0.2) is 9.97 Å². The topological polar surface area (TPSA) is 120 Å². The van der Waals surface area contributed by atoms with Crippen molar-refractivity contribution in [2.24, 2.45) is 0 Å². The summed E-state index contributed by atoms with van der Waals surface area (Å²) in [6, 6.07) is 2.68. The Kier molecular flexibility index (Phi) is 3.32. The quantitative estimate of drug-likeness (QED) is 0.637. The fraction of sp³-hybridized carbons (Fsp3) is 0.273. The zero-order chi connectivity index (χ0) is 14.0. The van der Waals surface area contributed by atoms with Crippen molar-refractivity contribution in [3.8, 4) is 0 Å². The lowest BCUT2D eigenvalue weighted by molar-refractivity contribution is -0.384. The number of anilines is 2. The van der Waals surface area contributed by atoms with Crippen LogP contribution in [0.15, 0.2) is 16.5 Å². The molecule has 0 saturated heterocycles. The Hall–Kier alpha value is -2.64. The molecule has 2 rings (SSSR count). The fourth-order valence-electron chi connectivity index (χ4n) is 1.52. The molecular formula is C11H13N5O3. The van der Waals surface area contributed by atoms with Crippen LogP contribution in [-0.4, -0.2) is 14.9 Å². The average molecular weight is 263 g/mol. The molecule has 0 atom stereocenters. The average Bonchev–Trinajstić information content (AvgIpc) is 2.66. The predicted molar refractivity (Wildman–Crippen MR) is 68.6 cm³/mol. The zero-order valence-electron chi connectivity index (χ0n) is 10.5. The third-order valence-electron chi connectivity index (χ3n) is 2.57. The molecule has 2 aromatic heterocycles. The van der Waals surface area contributed by atoms with Gasteiger partial charge in [0.2, 0.25) is 11.7 Å². The van der Waals surface area contributed by atoms with Crippen molar-refractivity contribution in [3.63, 3.8) is 0 Å². The second-order valence-electron chi connectivity index (χ2n) is 3.96. The van der Waals surface area contributed by atoms with Crippen molar-refractivity contribution < 1.29 is 9.34 Å². The first-order valence-electron chi connectivity index (χ1n) is 5.55. The van der Waals surface area contributed by atoms with Crippen molar-refractivity contribution in [2.45, 2.75) is 20.4 Å². The summed E-state index contributed by atoms with van der Waals surface area (Å²) in [7, 11) is 0. The Balaban J connectivity index is 2.19. The minimum atomic E-state index is -0.527. The maximum atomic E-state index is 10.8. The van der Waals surface area contributed by atoms with Gasteiger partial charge < -0.3 is 15.5 Å². The van der Waals surface area contributed by atoms with E-state index >= 15 is 0 Å². The summed E-state index contributed by atoms with van der Waals surface area (Å²) in [6.07, 6.45) is 0. The van der Waals surface area contributed by atoms with Crippen molar-refractivity contribution in [1.29, 1.82) is 0 Å². The Morgan fingerprint density at radius 1 is 1.42 bits per heavy atom. The van der Waals surface area contributed by atoms with Gasteiger partial charge in [-0.2, -0.15) is 0 Å². The smallest absolute Gasteiger partial charge is 0.311 e. The Morgan fingerprint density at radius 2 is 2.16 bits per heavy atom. The molecule has 0 aliphatic heterocycles. The first-order valence-corrected chi connectivity index (χ1v) is 5.55. The van der Waals surface area contributed by atoms with E-state index in [-0.39, 0.29) is 23.9 Å². The Morgan fingerprint density at radius 3 is 2.74 bits per heavy atom. The predicted octanol–water partition coefficient (Wildman–Crippen LogP) is 1.79. The highest BCUT2D eigenvalue weighted by Crippen LogP contribution is 2.23. The van der Waals surface area contributed by atoms with Crippen LogP contribution in [0.3, 0.4) is 0 Å². The molecule has 0 radical (unpaired) electrons. The van der Waals surface area contributed by atoms with Crippen LogP contribution in [0.4, 0.5) is 17.3 Å². The van der Waals surface area contributed by atoms with Crippen LogP contribution in [-0.2, 0) is 6.54 Å². The third-order valence-corrected chi connectivity index (χ3v) is 2.57. The van der Waals surface area contributed by atoms with Gasteiger partial charge in [0.1, 0.15) is 11.6 Å². The molecule has 8 nitrogen and oxygen atoms in total. The number of nitrogens with zero attached hydrogens (tertiary/aromatic N) is 3. The van der Waals surface area contributed by atoms with Gasteiger partial charge in [0.25, 0.3) is 0 Å². The lowest BCUT2D eigenvalue weighted by Gasteiger charge is -2.04. The number of hydrogen-bond acceptors (Lipinski definition) is 7. The maximum absolute atomic E-state index is 10.8. The van der Waals surface area contributed by atoms with E-state index < -0.39 is 4.92 Å². The molecule has 3 N–H and O–H groups in total. The molecule has 0 bridgehead atoms. The van der Waals surface area contributed by atoms with Gasteiger partial charge in [0.15, 0.2) is 0 Å². The van der Waals surface area contributed by atoms with E-state index in [4.69, 9.17) is 10.2 Å². The molecular weight excluding hydrogens is 250 g/mol. The molecule has 8 heteroatoms. The van der Waals surface area contributed by atoms with Gasteiger partial charge in [0, 0.05) is 6.07 Å². The molecule has 0 aromatic carbocycles. The number of nitro groups is 1. The first-order chi connectivity index (χ1) is 8.97. The van der Waals surface area contributed by atoms with Crippen molar-refractivity contribution >= 4 is 17.3 Å². The second kappa shape index (κ2) is 4.92. The van der Waals surface area contributed by atoms with E-state index in [1.165, 1.54) is 12.1 Å². The number of pyridine rings is 1. The van der Waals surface area contributed by atoms with Crippen LogP contribution in [0, 0.1) is 24.0 Å². The molecule has 19 heavy (non-hydrogen) atoms. The summed E-state index contributed by atoms with van der Waals surface area (Å²) >= 11 is 0. The summed E-state index contributed by atoms with van der Waals surface area (Å²) in [5, 5.41) is 13.7. The summed E-state index contributed by atoms with van der Waals surface area (Å²) in [6.45, 7) is 3.82. The van der Waals surface area contributed by atoms with Gasteiger partial charge in [-0.3, -0.25) is 10.1 Å². The van der Waals surface area contributed by atoms with Crippen LogP contribution in [0.25, 0.3) is 0 Å². The number of aryl methyl sites for hydroxylation is 2. The van der Waals surface area contributed by atoms with E-state index in [0.29, 0.717) is 11.7 Å². The van der Waals surface area contributed by atoms with Gasteiger partial charge in [0.05, 0.1) is 17.2 Å². The number of nitrogen functional groups attached to an aromatic ring is 1. The molecule has 0 unspecified atom stereocenters. The Bertz CT molecular complexity index is 603. The number of hydrogen-bond donors (Lipinski definition) is 2. The van der Waals surface area contributed by atoms with E-state index in [0.717, 1.165) is 5.69 Å². The van der Waals surface area contributed by atoms with Crippen LogP contribution in [0.1, 0.15) is 17.3 Å². The molecule has 0 amide bonds. The number of nitrogens with two attached hydrogens (primary N) is 1. The highest BCUT2D eigenvalue weighted by molar-refractivity contribution is 5.59. The van der Waals surface area contributed by atoms with Gasteiger partial charge in [-0.05, 0) is 19.9 Å². The molecule has 0 spiro atoms. The SMILES string of the molecule is Cc1nc(CNc2nc(N)ccc2[N+](=O)[O-])oc1C. The number of nitrogens with one attached hydrogen (secondary N) is 1. The maximum Gasteiger partial charge on any atom is 0.311 e. The van der Waals surface area contributed by atoms with Crippen LogP contribution in [0.5, 0.6) is 0 Å². The molecule has 100 valence electrons. The van der Waals surface area contributed by atoms with Crippen LogP contribution in [0.2, 0.25) is 0 Å². The third kappa shape index (κ3) is 2.79. The lowest BCUT2D eigenvalue weighted by atomic mass is 10.3. The Labute approximate surface area is 108 Å². The molecule has 0 fully saturated rings. The minimum absolute atomic E-state index is 0.0958. The highest BCUT2D eigenvalue weighted by Gasteiger charge is 2.16. The van der Waals surface area contributed by atoms with Crippen molar-refractivity contribution in [1.82, 2.24) is 9.97 Å². The van der Waals surface area contributed by atoms with E-state index in [1.807, 2.05) is 6.92 Å². The molecule has 0 aliphatic carbocycles. The monoisotopic (exact) mass is 263 g/mol. The van der Waals surface area contributed by atoms with Crippen molar-refractivity contribution in [2.75, 3.05) is 11.1 Å². The van der Waals surface area contributed by atoms with Gasteiger partial charge >= 0.3 is 5.69 Å².